The maximum Gasteiger partial charge on any atom is 0.357 e. The van der Waals surface area contributed by atoms with E-state index < -0.39 is 0 Å². The van der Waals surface area contributed by atoms with Crippen molar-refractivity contribution in [3.05, 3.63) is 29.8 Å². The quantitative estimate of drug-likeness (QED) is 0.638. The number of aryl methyl sites for hydroxylation is 1. The van der Waals surface area contributed by atoms with Crippen LogP contribution in [0.3, 0.4) is 0 Å². The van der Waals surface area contributed by atoms with E-state index in [0.717, 1.165) is 18.4 Å². The first kappa shape index (κ1) is 10.2. The van der Waals surface area contributed by atoms with Crippen molar-refractivity contribution in [1.29, 1.82) is 0 Å². The molecule has 70 valence electrons. The Hall–Kier alpha value is -0.915. The molecule has 0 fully saturated rings. The van der Waals surface area contributed by atoms with Gasteiger partial charge in [-0.05, 0) is 31.2 Å². The van der Waals surface area contributed by atoms with Crippen LogP contribution in [0.4, 0.5) is 0 Å². The van der Waals surface area contributed by atoms with Crippen molar-refractivity contribution in [2.75, 3.05) is 0 Å². The lowest BCUT2D eigenvalue weighted by Crippen LogP contribution is -2.19. The van der Waals surface area contributed by atoms with Crippen LogP contribution in [0.1, 0.15) is 19.4 Å². The molecule has 13 heavy (non-hydrogen) atoms. The third kappa shape index (κ3) is 2.80. The van der Waals surface area contributed by atoms with Crippen LogP contribution in [0.25, 0.3) is 0 Å². The lowest BCUT2D eigenvalue weighted by molar-refractivity contribution is 0.561. The second-order valence-corrected chi connectivity index (χ2v) is 3.32. The minimum absolute atomic E-state index is 0.362. The highest BCUT2D eigenvalue weighted by Crippen LogP contribution is 2.18. The number of hydrogen-bond acceptors (Lipinski definition) is 1. The van der Waals surface area contributed by atoms with E-state index in [0.29, 0.717) is 6.92 Å². The fourth-order valence-corrected chi connectivity index (χ4v) is 1.32. The fourth-order valence-electron chi connectivity index (χ4n) is 1.32. The molecule has 1 aromatic rings. The second kappa shape index (κ2) is 4.95. The number of para-hydroxylation sites is 1. The predicted molar refractivity (Wildman–Crippen MR) is 58.5 cm³/mol. The van der Waals surface area contributed by atoms with Crippen molar-refractivity contribution in [3.8, 4) is 5.75 Å². The van der Waals surface area contributed by atoms with E-state index in [1.807, 2.05) is 18.2 Å². The van der Waals surface area contributed by atoms with E-state index in [1.54, 1.807) is 0 Å². The zero-order valence-electron chi connectivity index (χ0n) is 8.71. The molecule has 0 unspecified atom stereocenters. The molecule has 0 aliphatic rings. The topological polar surface area (TPSA) is 9.23 Å². The van der Waals surface area contributed by atoms with Crippen molar-refractivity contribution in [2.24, 2.45) is 0 Å². The van der Waals surface area contributed by atoms with Crippen LogP contribution >= 0.6 is 0 Å². The van der Waals surface area contributed by atoms with Gasteiger partial charge in [-0.1, -0.05) is 32.0 Å². The Bertz CT molecular complexity index is 256. The Kier molecular flexibility index (Phi) is 3.87. The molecule has 0 spiro atoms. The van der Waals surface area contributed by atoms with E-state index in [4.69, 9.17) is 4.65 Å². The van der Waals surface area contributed by atoms with Crippen LogP contribution in [0, 0.1) is 6.92 Å². The molecule has 1 nitrogen and oxygen atoms in total. The molecule has 0 heterocycles. The standard InChI is InChI=1S/C11H17BO/c1-4-12(5-2)13-11-9-7-6-8-10(11)3/h6-9H,4-5H2,1-3H3. The van der Waals surface area contributed by atoms with Gasteiger partial charge in [0.05, 0.1) is 0 Å². The van der Waals surface area contributed by atoms with Gasteiger partial charge in [0.1, 0.15) is 5.75 Å². The molecule has 0 amide bonds. The first-order valence-electron chi connectivity index (χ1n) is 5.00. The summed E-state index contributed by atoms with van der Waals surface area (Å²) in [5, 5.41) is 0. The molecule has 0 N–H and O–H groups in total. The fraction of sp³-hybridized carbons (Fsp3) is 0.455. The lowest BCUT2D eigenvalue weighted by Gasteiger charge is -2.14. The zero-order valence-corrected chi connectivity index (χ0v) is 8.71. The van der Waals surface area contributed by atoms with Gasteiger partial charge in [0.2, 0.25) is 0 Å². The molecule has 0 saturated heterocycles. The molecule has 0 aromatic heterocycles. The van der Waals surface area contributed by atoms with E-state index in [1.165, 1.54) is 5.56 Å². The van der Waals surface area contributed by atoms with E-state index in [2.05, 4.69) is 26.8 Å². The number of benzene rings is 1. The average molecular weight is 176 g/mol. The number of hydrogen-bond donors (Lipinski definition) is 0. The normalized spacial score (nSPS) is 9.77. The molecule has 1 aromatic carbocycles. The predicted octanol–water partition coefficient (Wildman–Crippen LogP) is 3.41. The summed E-state index contributed by atoms with van der Waals surface area (Å²) in [6.07, 6.45) is 2.15. The maximum absolute atomic E-state index is 5.84. The van der Waals surface area contributed by atoms with Gasteiger partial charge in [-0.25, -0.2) is 0 Å². The van der Waals surface area contributed by atoms with Crippen LogP contribution in [0.5, 0.6) is 5.75 Å². The van der Waals surface area contributed by atoms with Crippen molar-refractivity contribution in [3.63, 3.8) is 0 Å². The molecule has 1 rings (SSSR count). The summed E-state index contributed by atoms with van der Waals surface area (Å²) in [6, 6.07) is 8.17. The molecule has 0 bridgehead atoms. The Morgan fingerprint density at radius 3 is 2.31 bits per heavy atom. The van der Waals surface area contributed by atoms with Crippen LogP contribution in [-0.2, 0) is 0 Å². The monoisotopic (exact) mass is 176 g/mol. The van der Waals surface area contributed by atoms with Crippen molar-refractivity contribution >= 4 is 6.92 Å². The minimum atomic E-state index is 0.362. The Labute approximate surface area is 81.2 Å². The van der Waals surface area contributed by atoms with E-state index in [-0.39, 0.29) is 0 Å². The molecule has 0 aliphatic heterocycles. The lowest BCUT2D eigenvalue weighted by atomic mass is 9.62. The molecule has 2 heteroatoms. The molecule has 0 radical (unpaired) electrons. The minimum Gasteiger partial charge on any atom is -0.561 e. The maximum atomic E-state index is 5.84. The SMILES string of the molecule is CCB(CC)Oc1ccccc1C. The highest BCUT2D eigenvalue weighted by atomic mass is 16.4. The summed E-state index contributed by atoms with van der Waals surface area (Å²) in [7, 11) is 0. The molecule has 0 atom stereocenters. The molecule has 0 aliphatic carbocycles. The summed E-state index contributed by atoms with van der Waals surface area (Å²) >= 11 is 0. The third-order valence-electron chi connectivity index (χ3n) is 2.30. The summed E-state index contributed by atoms with van der Waals surface area (Å²) in [5.41, 5.74) is 1.22. The van der Waals surface area contributed by atoms with Gasteiger partial charge < -0.3 is 4.65 Å². The summed E-state index contributed by atoms with van der Waals surface area (Å²) in [6.45, 7) is 6.76. The van der Waals surface area contributed by atoms with Crippen LogP contribution in [0.2, 0.25) is 12.6 Å². The van der Waals surface area contributed by atoms with Crippen LogP contribution in [-0.4, -0.2) is 6.92 Å². The van der Waals surface area contributed by atoms with Gasteiger partial charge in [0.15, 0.2) is 0 Å². The van der Waals surface area contributed by atoms with Gasteiger partial charge in [0.25, 0.3) is 0 Å². The van der Waals surface area contributed by atoms with Gasteiger partial charge in [-0.3, -0.25) is 0 Å². The van der Waals surface area contributed by atoms with Gasteiger partial charge in [-0.15, -0.1) is 0 Å². The Morgan fingerprint density at radius 1 is 1.15 bits per heavy atom. The largest absolute Gasteiger partial charge is 0.561 e. The summed E-state index contributed by atoms with van der Waals surface area (Å²) < 4.78 is 5.84. The van der Waals surface area contributed by atoms with Gasteiger partial charge in [0, 0.05) is 0 Å². The van der Waals surface area contributed by atoms with Gasteiger partial charge >= 0.3 is 6.92 Å². The first-order chi connectivity index (χ1) is 6.27. The van der Waals surface area contributed by atoms with E-state index >= 15 is 0 Å². The molecular formula is C11H17BO. The third-order valence-corrected chi connectivity index (χ3v) is 2.30. The second-order valence-electron chi connectivity index (χ2n) is 3.32. The van der Waals surface area contributed by atoms with Crippen molar-refractivity contribution in [2.45, 2.75) is 33.4 Å². The van der Waals surface area contributed by atoms with Gasteiger partial charge in [-0.2, -0.15) is 0 Å². The van der Waals surface area contributed by atoms with Crippen LogP contribution < -0.4 is 4.65 Å². The van der Waals surface area contributed by atoms with E-state index in [9.17, 15) is 0 Å². The summed E-state index contributed by atoms with van der Waals surface area (Å²) in [4.78, 5) is 0. The number of rotatable bonds is 4. The van der Waals surface area contributed by atoms with Crippen LogP contribution in [0.15, 0.2) is 24.3 Å². The Morgan fingerprint density at radius 2 is 1.77 bits per heavy atom. The molecule has 0 saturated carbocycles. The average Bonchev–Trinajstić information content (AvgIpc) is 2.17. The Balaban J connectivity index is 2.67. The zero-order chi connectivity index (χ0) is 9.68. The highest BCUT2D eigenvalue weighted by molar-refractivity contribution is 6.52. The first-order valence-corrected chi connectivity index (χ1v) is 5.00. The molecular weight excluding hydrogens is 159 g/mol. The summed E-state index contributed by atoms with van der Waals surface area (Å²) in [5.74, 6) is 1.02. The smallest absolute Gasteiger partial charge is 0.357 e. The van der Waals surface area contributed by atoms with Crippen molar-refractivity contribution < 1.29 is 4.65 Å². The van der Waals surface area contributed by atoms with Crippen molar-refractivity contribution in [1.82, 2.24) is 0 Å². The highest BCUT2D eigenvalue weighted by Gasteiger charge is 2.12.